The summed E-state index contributed by atoms with van der Waals surface area (Å²) in [6.45, 7) is 2.48. The second kappa shape index (κ2) is 8.75. The molecule has 100 valence electrons. The van der Waals surface area contributed by atoms with Crippen LogP contribution in [0.4, 0.5) is 5.69 Å². The number of carboxylic acid groups (broad SMARTS) is 1. The Bertz CT molecular complexity index is 429. The van der Waals surface area contributed by atoms with Crippen molar-refractivity contribution < 1.29 is 9.90 Å². The fourth-order valence-electron chi connectivity index (χ4n) is 1.36. The van der Waals surface area contributed by atoms with Crippen LogP contribution in [0, 0.1) is 0 Å². The molecule has 2 aromatic rings. The molecule has 0 unspecified atom stereocenters. The maximum absolute atomic E-state index is 9.37. The number of benzene rings is 2. The largest absolute Gasteiger partial charge is 0.481 e. The van der Waals surface area contributed by atoms with Crippen LogP contribution in [0.3, 0.4) is 0 Å². The van der Waals surface area contributed by atoms with E-state index in [2.05, 4.69) is 41.7 Å². The van der Waals surface area contributed by atoms with E-state index in [1.807, 2.05) is 24.3 Å². The first-order valence-corrected chi connectivity index (χ1v) is 6.27. The van der Waals surface area contributed by atoms with Gasteiger partial charge in [-0.2, -0.15) is 0 Å². The molecule has 2 rings (SSSR count). The topological polar surface area (TPSA) is 49.3 Å². The Kier molecular flexibility index (Phi) is 6.80. The molecule has 0 aliphatic heterocycles. The van der Waals surface area contributed by atoms with Gasteiger partial charge in [0, 0.05) is 18.7 Å². The highest BCUT2D eigenvalue weighted by atomic mass is 16.4. The quantitative estimate of drug-likeness (QED) is 0.876. The van der Waals surface area contributed by atoms with Gasteiger partial charge in [-0.3, -0.25) is 4.79 Å². The summed E-state index contributed by atoms with van der Waals surface area (Å²) in [6, 6.07) is 20.6. The molecule has 0 bridgehead atoms. The lowest BCUT2D eigenvalue weighted by Crippen LogP contribution is -1.98. The third-order valence-corrected chi connectivity index (χ3v) is 2.42. The van der Waals surface area contributed by atoms with E-state index < -0.39 is 5.97 Å². The van der Waals surface area contributed by atoms with Gasteiger partial charge < -0.3 is 10.4 Å². The summed E-state index contributed by atoms with van der Waals surface area (Å²) < 4.78 is 0. The summed E-state index contributed by atoms with van der Waals surface area (Å²) in [6.07, 6.45) is 0.222. The van der Waals surface area contributed by atoms with Gasteiger partial charge in [-0.15, -0.1) is 0 Å². The molecule has 0 radical (unpaired) electrons. The van der Waals surface area contributed by atoms with Gasteiger partial charge in [0.25, 0.3) is 0 Å². The molecule has 0 saturated carbocycles. The minimum Gasteiger partial charge on any atom is -0.481 e. The number of nitrogens with one attached hydrogen (secondary N) is 1. The molecule has 0 saturated heterocycles. The molecule has 0 aliphatic rings. The highest BCUT2D eigenvalue weighted by Gasteiger charge is 1.90. The summed E-state index contributed by atoms with van der Waals surface area (Å²) >= 11 is 0. The first kappa shape index (κ1) is 14.8. The highest BCUT2D eigenvalue weighted by Crippen LogP contribution is 2.07. The third kappa shape index (κ3) is 6.88. The van der Waals surface area contributed by atoms with Gasteiger partial charge in [0.2, 0.25) is 0 Å². The van der Waals surface area contributed by atoms with E-state index in [0.29, 0.717) is 0 Å². The molecule has 2 N–H and O–H groups in total. The van der Waals surface area contributed by atoms with Crippen LogP contribution in [-0.2, 0) is 11.3 Å². The fourth-order valence-corrected chi connectivity index (χ4v) is 1.36. The van der Waals surface area contributed by atoms with Crippen LogP contribution < -0.4 is 5.32 Å². The number of para-hydroxylation sites is 1. The molecule has 0 aromatic heterocycles. The molecule has 0 heterocycles. The highest BCUT2D eigenvalue weighted by molar-refractivity contribution is 5.66. The van der Waals surface area contributed by atoms with E-state index in [1.165, 1.54) is 5.56 Å². The van der Waals surface area contributed by atoms with Crippen LogP contribution in [0.2, 0.25) is 0 Å². The number of hydrogen-bond donors (Lipinski definition) is 2. The molecule has 3 heteroatoms. The van der Waals surface area contributed by atoms with Crippen molar-refractivity contribution in [2.45, 2.75) is 19.9 Å². The molecular weight excluding hydrogens is 238 g/mol. The number of carbonyl (C=O) groups is 1. The van der Waals surface area contributed by atoms with Crippen molar-refractivity contribution >= 4 is 11.7 Å². The minimum atomic E-state index is -0.745. The summed E-state index contributed by atoms with van der Waals surface area (Å²) in [5.74, 6) is -0.745. The normalized spacial score (nSPS) is 9.11. The van der Waals surface area contributed by atoms with Crippen LogP contribution in [0.25, 0.3) is 0 Å². The molecule has 2 aromatic carbocycles. The average Bonchev–Trinajstić information content (AvgIpc) is 2.48. The zero-order valence-corrected chi connectivity index (χ0v) is 11.0. The number of aliphatic carboxylic acids is 1. The Hall–Kier alpha value is -2.29. The summed E-state index contributed by atoms with van der Waals surface area (Å²) in [5, 5.41) is 11.1. The number of anilines is 1. The third-order valence-electron chi connectivity index (χ3n) is 2.42. The lowest BCUT2D eigenvalue weighted by Gasteiger charge is -2.05. The zero-order chi connectivity index (χ0) is 13.9. The monoisotopic (exact) mass is 257 g/mol. The van der Waals surface area contributed by atoms with E-state index >= 15 is 0 Å². The molecule has 0 atom stereocenters. The Morgan fingerprint density at radius 2 is 1.47 bits per heavy atom. The zero-order valence-electron chi connectivity index (χ0n) is 11.0. The van der Waals surface area contributed by atoms with Crippen LogP contribution in [0.5, 0.6) is 0 Å². The van der Waals surface area contributed by atoms with Crippen molar-refractivity contribution in [2.24, 2.45) is 0 Å². The van der Waals surface area contributed by atoms with E-state index in [-0.39, 0.29) is 6.42 Å². The Balaban J connectivity index is 0.000000312. The van der Waals surface area contributed by atoms with Crippen LogP contribution in [-0.4, -0.2) is 11.1 Å². The standard InChI is InChI=1S/C13H13N.C3H6O2/c1-3-7-12(8-4-1)11-14-13-9-5-2-6-10-13;1-2-3(4)5/h1-10,14H,11H2;2H2,1H3,(H,4,5). The lowest BCUT2D eigenvalue weighted by atomic mass is 10.2. The van der Waals surface area contributed by atoms with Gasteiger partial charge in [0.1, 0.15) is 0 Å². The molecule has 0 spiro atoms. The second-order valence-electron chi connectivity index (χ2n) is 3.95. The molecule has 0 fully saturated rings. The number of carboxylic acids is 1. The summed E-state index contributed by atoms with van der Waals surface area (Å²) in [7, 11) is 0. The van der Waals surface area contributed by atoms with Crippen LogP contribution >= 0.6 is 0 Å². The van der Waals surface area contributed by atoms with Crippen molar-refractivity contribution in [2.75, 3.05) is 5.32 Å². The predicted octanol–water partition coefficient (Wildman–Crippen LogP) is 3.78. The van der Waals surface area contributed by atoms with Crippen molar-refractivity contribution in [1.29, 1.82) is 0 Å². The van der Waals surface area contributed by atoms with Gasteiger partial charge in [-0.05, 0) is 17.7 Å². The van der Waals surface area contributed by atoms with Crippen molar-refractivity contribution in [1.82, 2.24) is 0 Å². The Labute approximate surface area is 113 Å². The van der Waals surface area contributed by atoms with Gasteiger partial charge >= 0.3 is 5.97 Å². The maximum atomic E-state index is 9.37. The van der Waals surface area contributed by atoms with Gasteiger partial charge in [-0.1, -0.05) is 55.5 Å². The summed E-state index contributed by atoms with van der Waals surface area (Å²) in [5.41, 5.74) is 2.47. The first-order valence-electron chi connectivity index (χ1n) is 6.27. The second-order valence-corrected chi connectivity index (χ2v) is 3.95. The summed E-state index contributed by atoms with van der Waals surface area (Å²) in [4.78, 5) is 9.37. The van der Waals surface area contributed by atoms with E-state index in [1.54, 1.807) is 6.92 Å². The Morgan fingerprint density at radius 3 is 1.95 bits per heavy atom. The fraction of sp³-hybridized carbons (Fsp3) is 0.188. The van der Waals surface area contributed by atoms with Crippen molar-refractivity contribution in [3.8, 4) is 0 Å². The first-order chi connectivity index (χ1) is 9.22. The molecule has 19 heavy (non-hydrogen) atoms. The SMILES string of the molecule is CCC(=O)O.c1ccc(CNc2ccccc2)cc1. The van der Waals surface area contributed by atoms with E-state index in [4.69, 9.17) is 5.11 Å². The van der Waals surface area contributed by atoms with Crippen LogP contribution in [0.1, 0.15) is 18.9 Å². The molecular formula is C16H19NO2. The molecule has 0 amide bonds. The number of hydrogen-bond acceptors (Lipinski definition) is 2. The van der Waals surface area contributed by atoms with E-state index in [9.17, 15) is 4.79 Å². The molecule has 0 aliphatic carbocycles. The minimum absolute atomic E-state index is 0.222. The van der Waals surface area contributed by atoms with Gasteiger partial charge in [0.15, 0.2) is 0 Å². The predicted molar refractivity (Wildman–Crippen MR) is 78.1 cm³/mol. The average molecular weight is 257 g/mol. The van der Waals surface area contributed by atoms with Crippen molar-refractivity contribution in [3.05, 3.63) is 66.2 Å². The number of rotatable bonds is 4. The van der Waals surface area contributed by atoms with Gasteiger partial charge in [0.05, 0.1) is 0 Å². The lowest BCUT2D eigenvalue weighted by molar-refractivity contribution is -0.136. The van der Waals surface area contributed by atoms with Gasteiger partial charge in [-0.25, -0.2) is 0 Å². The van der Waals surface area contributed by atoms with Crippen molar-refractivity contribution in [3.63, 3.8) is 0 Å². The maximum Gasteiger partial charge on any atom is 0.303 e. The smallest absolute Gasteiger partial charge is 0.303 e. The molecule has 3 nitrogen and oxygen atoms in total. The van der Waals surface area contributed by atoms with Crippen LogP contribution in [0.15, 0.2) is 60.7 Å². The Morgan fingerprint density at radius 1 is 1.00 bits per heavy atom. The van der Waals surface area contributed by atoms with E-state index in [0.717, 1.165) is 12.2 Å².